The molecule has 0 aliphatic rings. The van der Waals surface area contributed by atoms with Crippen molar-refractivity contribution in [2.45, 2.75) is 6.54 Å². The van der Waals surface area contributed by atoms with Crippen LogP contribution < -0.4 is 20.7 Å². The summed E-state index contributed by atoms with van der Waals surface area (Å²) in [5, 5.41) is 0. The molecule has 0 unspecified atom stereocenters. The van der Waals surface area contributed by atoms with Crippen LogP contribution in [0.3, 0.4) is 0 Å². The summed E-state index contributed by atoms with van der Waals surface area (Å²) in [6.07, 6.45) is 6.95. The molecule has 0 saturated carbocycles. The van der Waals surface area contributed by atoms with Crippen LogP contribution in [-0.4, -0.2) is 28.3 Å². The standard InChI is InChI=1S/C26H23N3O4/c1-32-23-9-4-20(5-10-23)18-28-25(30)17-22(6-3-19-13-15-27-16-14-19)29(26(28)31)21-7-11-24(33-2)12-8-21/h3-17H,18H2,1-2H3/b6-3-. The molecule has 2 heterocycles. The zero-order valence-corrected chi connectivity index (χ0v) is 18.3. The molecule has 2 aromatic carbocycles. The van der Waals surface area contributed by atoms with E-state index < -0.39 is 5.69 Å². The molecule has 33 heavy (non-hydrogen) atoms. The molecule has 7 nitrogen and oxygen atoms in total. The van der Waals surface area contributed by atoms with Crippen LogP contribution >= 0.6 is 0 Å². The van der Waals surface area contributed by atoms with E-state index in [2.05, 4.69) is 4.98 Å². The van der Waals surface area contributed by atoms with E-state index in [1.54, 1.807) is 69.1 Å². The molecule has 0 radical (unpaired) electrons. The lowest BCUT2D eigenvalue weighted by atomic mass is 10.2. The number of pyridine rings is 1. The van der Waals surface area contributed by atoms with Gasteiger partial charge in [0, 0.05) is 18.5 Å². The molecule has 0 aliphatic heterocycles. The average Bonchev–Trinajstić information content (AvgIpc) is 2.86. The predicted molar refractivity (Wildman–Crippen MR) is 128 cm³/mol. The second-order valence-electron chi connectivity index (χ2n) is 7.27. The van der Waals surface area contributed by atoms with Crippen molar-refractivity contribution in [1.82, 2.24) is 14.1 Å². The minimum atomic E-state index is -0.433. The normalized spacial score (nSPS) is 11.0. The highest BCUT2D eigenvalue weighted by Crippen LogP contribution is 2.17. The molecule has 0 aliphatic carbocycles. The fraction of sp³-hybridized carbons (Fsp3) is 0.115. The third-order valence-corrected chi connectivity index (χ3v) is 5.20. The Kier molecular flexibility index (Phi) is 6.50. The van der Waals surface area contributed by atoms with Crippen LogP contribution in [0.2, 0.25) is 0 Å². The van der Waals surface area contributed by atoms with Gasteiger partial charge in [0.1, 0.15) is 11.5 Å². The van der Waals surface area contributed by atoms with E-state index in [1.165, 1.54) is 15.2 Å². The Balaban J connectivity index is 1.82. The van der Waals surface area contributed by atoms with Gasteiger partial charge in [-0.25, -0.2) is 4.79 Å². The molecule has 0 N–H and O–H groups in total. The Morgan fingerprint density at radius 2 is 1.42 bits per heavy atom. The quantitative estimate of drug-likeness (QED) is 0.438. The SMILES string of the molecule is COc1ccc(Cn2c(=O)cc(/C=C\c3ccncc3)n(-c3ccc(OC)cc3)c2=O)cc1. The first-order valence-electron chi connectivity index (χ1n) is 10.3. The number of methoxy groups -OCH3 is 2. The molecule has 166 valence electrons. The number of hydrogen-bond donors (Lipinski definition) is 0. The maximum Gasteiger partial charge on any atom is 0.336 e. The van der Waals surface area contributed by atoms with Crippen molar-refractivity contribution >= 4 is 12.2 Å². The third kappa shape index (κ3) is 4.93. The van der Waals surface area contributed by atoms with Gasteiger partial charge in [-0.3, -0.25) is 18.9 Å². The lowest BCUT2D eigenvalue weighted by Gasteiger charge is -2.14. The van der Waals surface area contributed by atoms with Gasteiger partial charge in [-0.2, -0.15) is 0 Å². The second kappa shape index (κ2) is 9.82. The molecular weight excluding hydrogens is 418 g/mol. The predicted octanol–water partition coefficient (Wildman–Crippen LogP) is 3.63. The summed E-state index contributed by atoms with van der Waals surface area (Å²) in [6.45, 7) is 0.145. The van der Waals surface area contributed by atoms with Crippen LogP contribution in [0.4, 0.5) is 0 Å². The van der Waals surface area contributed by atoms with Crippen LogP contribution in [-0.2, 0) is 6.54 Å². The van der Waals surface area contributed by atoms with Crippen LogP contribution in [0.15, 0.2) is 88.7 Å². The lowest BCUT2D eigenvalue weighted by molar-refractivity contribution is 0.414. The van der Waals surface area contributed by atoms with Crippen LogP contribution in [0, 0.1) is 0 Å². The monoisotopic (exact) mass is 441 g/mol. The first-order chi connectivity index (χ1) is 16.1. The highest BCUT2D eigenvalue weighted by Gasteiger charge is 2.13. The number of nitrogens with zero attached hydrogens (tertiary/aromatic N) is 3. The number of hydrogen-bond acceptors (Lipinski definition) is 5. The van der Waals surface area contributed by atoms with Crippen molar-refractivity contribution < 1.29 is 9.47 Å². The molecular formula is C26H23N3O4. The van der Waals surface area contributed by atoms with Gasteiger partial charge in [0.15, 0.2) is 0 Å². The smallest absolute Gasteiger partial charge is 0.336 e. The first-order valence-corrected chi connectivity index (χ1v) is 10.3. The topological polar surface area (TPSA) is 75.3 Å². The van der Waals surface area contributed by atoms with Crippen LogP contribution in [0.25, 0.3) is 17.8 Å². The van der Waals surface area contributed by atoms with Crippen molar-refractivity contribution in [3.8, 4) is 17.2 Å². The Morgan fingerprint density at radius 3 is 2.03 bits per heavy atom. The van der Waals surface area contributed by atoms with Gasteiger partial charge in [0.25, 0.3) is 5.56 Å². The maximum atomic E-state index is 13.5. The summed E-state index contributed by atoms with van der Waals surface area (Å²) in [5.74, 6) is 1.38. The number of aromatic nitrogens is 3. The van der Waals surface area contributed by atoms with Gasteiger partial charge < -0.3 is 9.47 Å². The van der Waals surface area contributed by atoms with E-state index in [0.29, 0.717) is 22.9 Å². The Hall–Kier alpha value is -4.39. The fourth-order valence-electron chi connectivity index (χ4n) is 3.42. The number of ether oxygens (including phenoxy) is 2. The molecule has 4 aromatic rings. The van der Waals surface area contributed by atoms with Gasteiger partial charge in [-0.1, -0.05) is 18.2 Å². The molecule has 4 rings (SSSR count). The molecule has 0 fully saturated rings. The summed E-state index contributed by atoms with van der Waals surface area (Å²) in [6, 6.07) is 19.5. The van der Waals surface area contributed by atoms with Crippen molar-refractivity contribution in [1.29, 1.82) is 0 Å². The fourth-order valence-corrected chi connectivity index (χ4v) is 3.42. The third-order valence-electron chi connectivity index (χ3n) is 5.20. The van der Waals surface area contributed by atoms with E-state index in [1.807, 2.05) is 30.3 Å². The molecule has 0 amide bonds. The lowest BCUT2D eigenvalue weighted by Crippen LogP contribution is -2.40. The highest BCUT2D eigenvalue weighted by atomic mass is 16.5. The van der Waals surface area contributed by atoms with Gasteiger partial charge >= 0.3 is 5.69 Å². The zero-order valence-electron chi connectivity index (χ0n) is 18.3. The summed E-state index contributed by atoms with van der Waals surface area (Å²) >= 11 is 0. The Morgan fingerprint density at radius 1 is 0.818 bits per heavy atom. The summed E-state index contributed by atoms with van der Waals surface area (Å²) in [7, 11) is 3.17. The Labute approximate surface area is 190 Å². The molecule has 0 saturated heterocycles. The van der Waals surface area contributed by atoms with E-state index in [9.17, 15) is 9.59 Å². The van der Waals surface area contributed by atoms with Crippen LogP contribution in [0.5, 0.6) is 11.5 Å². The molecule has 7 heteroatoms. The Bertz CT molecular complexity index is 1370. The minimum Gasteiger partial charge on any atom is -0.497 e. The van der Waals surface area contributed by atoms with E-state index in [-0.39, 0.29) is 12.1 Å². The minimum absolute atomic E-state index is 0.145. The van der Waals surface area contributed by atoms with E-state index >= 15 is 0 Å². The molecule has 2 aromatic heterocycles. The maximum absolute atomic E-state index is 13.5. The van der Waals surface area contributed by atoms with E-state index in [0.717, 1.165) is 11.1 Å². The first kappa shape index (κ1) is 21.8. The highest BCUT2D eigenvalue weighted by molar-refractivity contribution is 5.68. The molecule has 0 atom stereocenters. The average molecular weight is 441 g/mol. The van der Waals surface area contributed by atoms with Gasteiger partial charge in [0.2, 0.25) is 0 Å². The van der Waals surface area contributed by atoms with Gasteiger partial charge in [-0.05, 0) is 65.7 Å². The largest absolute Gasteiger partial charge is 0.497 e. The summed E-state index contributed by atoms with van der Waals surface area (Å²) in [4.78, 5) is 30.5. The molecule has 0 spiro atoms. The van der Waals surface area contributed by atoms with Crippen molar-refractivity contribution in [2.75, 3.05) is 14.2 Å². The van der Waals surface area contributed by atoms with Crippen molar-refractivity contribution in [2.24, 2.45) is 0 Å². The number of rotatable bonds is 7. The summed E-state index contributed by atoms with van der Waals surface area (Å²) < 4.78 is 13.2. The van der Waals surface area contributed by atoms with Crippen molar-refractivity contribution in [3.63, 3.8) is 0 Å². The van der Waals surface area contributed by atoms with E-state index in [4.69, 9.17) is 9.47 Å². The second-order valence-corrected chi connectivity index (χ2v) is 7.27. The van der Waals surface area contributed by atoms with Gasteiger partial charge in [-0.15, -0.1) is 0 Å². The van der Waals surface area contributed by atoms with Crippen LogP contribution in [0.1, 0.15) is 16.8 Å². The zero-order chi connectivity index (χ0) is 23.2. The molecule has 0 bridgehead atoms. The number of benzene rings is 2. The summed E-state index contributed by atoms with van der Waals surface area (Å²) in [5.41, 5.74) is 2.00. The van der Waals surface area contributed by atoms with Crippen molar-refractivity contribution in [3.05, 3.63) is 117 Å². The van der Waals surface area contributed by atoms with Gasteiger partial charge in [0.05, 0.1) is 32.1 Å².